The molecule has 0 radical (unpaired) electrons. The van der Waals surface area contributed by atoms with Crippen molar-refractivity contribution in [2.24, 2.45) is 0 Å². The number of carbonyl (C=O) groups excluding carboxylic acids is 1. The van der Waals surface area contributed by atoms with Crippen molar-refractivity contribution in [3.05, 3.63) is 36.3 Å². The van der Waals surface area contributed by atoms with Crippen LogP contribution in [0.15, 0.2) is 30.7 Å². The molecular weight excluding hydrogens is 272 g/mol. The van der Waals surface area contributed by atoms with E-state index in [1.54, 1.807) is 36.3 Å². The number of carbonyl (C=O) groups is 1. The molecule has 112 valence electrons. The molecule has 0 aliphatic carbocycles. The molecule has 2 aromatic heterocycles. The van der Waals surface area contributed by atoms with Crippen LogP contribution in [-0.2, 0) is 11.3 Å². The van der Waals surface area contributed by atoms with E-state index in [4.69, 9.17) is 9.84 Å². The Morgan fingerprint density at radius 3 is 2.95 bits per heavy atom. The van der Waals surface area contributed by atoms with E-state index in [2.05, 4.69) is 15.4 Å². The van der Waals surface area contributed by atoms with Gasteiger partial charge in [-0.1, -0.05) is 0 Å². The predicted octanol–water partition coefficient (Wildman–Crippen LogP) is 0.314. The van der Waals surface area contributed by atoms with Gasteiger partial charge in [0.2, 0.25) is 0 Å². The lowest BCUT2D eigenvalue weighted by atomic mass is 10.2. The fourth-order valence-corrected chi connectivity index (χ4v) is 1.79. The first-order valence-corrected chi connectivity index (χ1v) is 6.61. The molecular formula is C14H18N4O3. The minimum atomic E-state index is -0.179. The van der Waals surface area contributed by atoms with Crippen molar-refractivity contribution in [2.45, 2.75) is 6.54 Å². The summed E-state index contributed by atoms with van der Waals surface area (Å²) in [4.78, 5) is 16.1. The predicted molar refractivity (Wildman–Crippen MR) is 76.8 cm³/mol. The molecule has 0 fully saturated rings. The number of hydrogen-bond donors (Lipinski definition) is 2. The number of amides is 1. The van der Waals surface area contributed by atoms with E-state index in [0.717, 1.165) is 11.3 Å². The summed E-state index contributed by atoms with van der Waals surface area (Å²) in [5.41, 5.74) is 2.07. The molecule has 0 unspecified atom stereocenters. The highest BCUT2D eigenvalue weighted by atomic mass is 16.5. The zero-order valence-electron chi connectivity index (χ0n) is 11.8. The van der Waals surface area contributed by atoms with Crippen molar-refractivity contribution in [1.29, 1.82) is 0 Å². The van der Waals surface area contributed by atoms with Crippen molar-refractivity contribution in [1.82, 2.24) is 20.1 Å². The maximum atomic E-state index is 11.8. The minimum absolute atomic E-state index is 0.0368. The highest BCUT2D eigenvalue weighted by molar-refractivity contribution is 5.94. The molecule has 0 saturated carbocycles. The van der Waals surface area contributed by atoms with Gasteiger partial charge in [-0.15, -0.1) is 0 Å². The van der Waals surface area contributed by atoms with Gasteiger partial charge in [-0.3, -0.25) is 14.5 Å². The van der Waals surface area contributed by atoms with Gasteiger partial charge in [0.25, 0.3) is 5.91 Å². The number of aliphatic hydroxyl groups is 1. The Morgan fingerprint density at radius 1 is 1.43 bits per heavy atom. The maximum Gasteiger partial charge on any atom is 0.252 e. The second kappa shape index (κ2) is 7.51. The molecule has 0 aromatic carbocycles. The van der Waals surface area contributed by atoms with Gasteiger partial charge in [0.05, 0.1) is 37.2 Å². The molecule has 2 aromatic rings. The molecule has 0 saturated heterocycles. The second-order valence-corrected chi connectivity index (χ2v) is 4.40. The van der Waals surface area contributed by atoms with E-state index in [1.165, 1.54) is 6.20 Å². The summed E-state index contributed by atoms with van der Waals surface area (Å²) >= 11 is 0. The van der Waals surface area contributed by atoms with Gasteiger partial charge in [0.1, 0.15) is 0 Å². The van der Waals surface area contributed by atoms with Gasteiger partial charge in [-0.05, 0) is 12.1 Å². The molecule has 2 heterocycles. The Bertz CT molecular complexity index is 580. The summed E-state index contributed by atoms with van der Waals surface area (Å²) in [6, 6.07) is 3.49. The summed E-state index contributed by atoms with van der Waals surface area (Å²) in [6.45, 7) is 1.42. The highest BCUT2D eigenvalue weighted by Gasteiger charge is 2.07. The minimum Gasteiger partial charge on any atom is -0.394 e. The van der Waals surface area contributed by atoms with Crippen molar-refractivity contribution < 1.29 is 14.6 Å². The fourth-order valence-electron chi connectivity index (χ4n) is 1.79. The highest BCUT2D eigenvalue weighted by Crippen LogP contribution is 2.15. The van der Waals surface area contributed by atoms with E-state index < -0.39 is 0 Å². The quantitative estimate of drug-likeness (QED) is 0.717. The summed E-state index contributed by atoms with van der Waals surface area (Å²) < 4.78 is 6.51. The third-order valence-electron chi connectivity index (χ3n) is 2.88. The number of aromatic nitrogens is 3. The van der Waals surface area contributed by atoms with Gasteiger partial charge in [-0.25, -0.2) is 0 Å². The van der Waals surface area contributed by atoms with Crippen LogP contribution in [0.2, 0.25) is 0 Å². The average molecular weight is 290 g/mol. The summed E-state index contributed by atoms with van der Waals surface area (Å²) in [5.74, 6) is -0.179. The third kappa shape index (κ3) is 4.11. The first kappa shape index (κ1) is 15.1. The van der Waals surface area contributed by atoms with Crippen LogP contribution in [0.5, 0.6) is 0 Å². The topological polar surface area (TPSA) is 89.3 Å². The van der Waals surface area contributed by atoms with Gasteiger partial charge in [-0.2, -0.15) is 5.10 Å². The molecule has 0 bridgehead atoms. The van der Waals surface area contributed by atoms with Crippen molar-refractivity contribution in [3.8, 4) is 11.3 Å². The zero-order chi connectivity index (χ0) is 15.1. The van der Waals surface area contributed by atoms with Crippen LogP contribution in [0.4, 0.5) is 0 Å². The fraction of sp³-hybridized carbons (Fsp3) is 0.357. The smallest absolute Gasteiger partial charge is 0.252 e. The Hall–Kier alpha value is -2.25. The lowest BCUT2D eigenvalue weighted by Gasteiger charge is -2.04. The van der Waals surface area contributed by atoms with Gasteiger partial charge < -0.3 is 15.2 Å². The van der Waals surface area contributed by atoms with Crippen molar-refractivity contribution in [2.75, 3.05) is 26.9 Å². The molecule has 7 nitrogen and oxygen atoms in total. The lowest BCUT2D eigenvalue weighted by molar-refractivity contribution is 0.0937. The summed E-state index contributed by atoms with van der Waals surface area (Å²) in [5, 5.41) is 15.7. The number of nitrogens with zero attached hydrogens (tertiary/aromatic N) is 3. The monoisotopic (exact) mass is 290 g/mol. The summed E-state index contributed by atoms with van der Waals surface area (Å²) in [7, 11) is 1.58. The van der Waals surface area contributed by atoms with Crippen molar-refractivity contribution in [3.63, 3.8) is 0 Å². The van der Waals surface area contributed by atoms with E-state index in [-0.39, 0.29) is 12.5 Å². The van der Waals surface area contributed by atoms with Crippen LogP contribution < -0.4 is 5.32 Å². The molecule has 21 heavy (non-hydrogen) atoms. The molecule has 0 atom stereocenters. The Labute approximate surface area is 122 Å². The molecule has 1 amide bonds. The normalized spacial score (nSPS) is 10.6. The number of hydrogen-bond acceptors (Lipinski definition) is 5. The average Bonchev–Trinajstić information content (AvgIpc) is 2.97. The molecule has 2 N–H and O–H groups in total. The van der Waals surface area contributed by atoms with E-state index in [1.807, 2.05) is 0 Å². The first-order chi connectivity index (χ1) is 10.2. The maximum absolute atomic E-state index is 11.8. The number of methoxy groups -OCH3 is 1. The Balaban J connectivity index is 2.02. The summed E-state index contributed by atoms with van der Waals surface area (Å²) in [6.07, 6.45) is 5.01. The molecule has 7 heteroatoms. The Morgan fingerprint density at radius 2 is 2.29 bits per heavy atom. The van der Waals surface area contributed by atoms with Gasteiger partial charge >= 0.3 is 0 Å². The van der Waals surface area contributed by atoms with Crippen molar-refractivity contribution >= 4 is 5.91 Å². The van der Waals surface area contributed by atoms with Crippen LogP contribution in [-0.4, -0.2) is 52.6 Å². The van der Waals surface area contributed by atoms with Crippen LogP contribution in [0.25, 0.3) is 11.3 Å². The second-order valence-electron chi connectivity index (χ2n) is 4.40. The molecule has 0 aliphatic rings. The number of aliphatic hydroxyl groups excluding tert-OH is 1. The van der Waals surface area contributed by atoms with Crippen LogP contribution >= 0.6 is 0 Å². The third-order valence-corrected chi connectivity index (χ3v) is 2.88. The lowest BCUT2D eigenvalue weighted by Crippen LogP contribution is -2.26. The molecule has 0 spiro atoms. The van der Waals surface area contributed by atoms with Gasteiger partial charge in [0, 0.05) is 31.6 Å². The van der Waals surface area contributed by atoms with E-state index in [9.17, 15) is 4.79 Å². The van der Waals surface area contributed by atoms with E-state index in [0.29, 0.717) is 25.3 Å². The largest absolute Gasteiger partial charge is 0.394 e. The Kier molecular flexibility index (Phi) is 5.42. The number of nitrogens with one attached hydrogen (secondary N) is 1. The number of ether oxygens (including phenoxy) is 1. The van der Waals surface area contributed by atoms with Crippen LogP contribution in [0.3, 0.4) is 0 Å². The first-order valence-electron chi connectivity index (χ1n) is 6.61. The van der Waals surface area contributed by atoms with Gasteiger partial charge in [0.15, 0.2) is 0 Å². The number of rotatable bonds is 7. The number of pyridine rings is 1. The van der Waals surface area contributed by atoms with Crippen LogP contribution in [0.1, 0.15) is 10.4 Å². The SMILES string of the molecule is COCCNC(=O)c1ccc(-c2cnn(CCO)c2)nc1. The molecule has 2 rings (SSSR count). The van der Waals surface area contributed by atoms with Crippen LogP contribution in [0, 0.1) is 0 Å². The molecule has 0 aliphatic heterocycles. The standard InChI is InChI=1S/C14H18N4O3/c1-21-7-4-15-14(20)11-2-3-13(16-8-11)12-9-17-18(10-12)5-6-19/h2-3,8-10,19H,4-7H2,1H3,(H,15,20). The zero-order valence-corrected chi connectivity index (χ0v) is 11.8. The van der Waals surface area contributed by atoms with E-state index >= 15 is 0 Å².